The smallest absolute Gasteiger partial charge is 0.262 e. The number of nitrogens with one attached hydrogen (secondary N) is 1. The van der Waals surface area contributed by atoms with Gasteiger partial charge in [-0.3, -0.25) is 19.0 Å². The minimum atomic E-state index is -0.297. The summed E-state index contributed by atoms with van der Waals surface area (Å²) in [7, 11) is 3.17. The summed E-state index contributed by atoms with van der Waals surface area (Å²) in [5.74, 6) is 1.84. The van der Waals surface area contributed by atoms with Gasteiger partial charge in [-0.1, -0.05) is 19.9 Å². The second-order valence-electron chi connectivity index (χ2n) is 9.85. The van der Waals surface area contributed by atoms with Crippen molar-refractivity contribution < 1.29 is 19.1 Å². The molecule has 0 unspecified atom stereocenters. The summed E-state index contributed by atoms with van der Waals surface area (Å²) >= 11 is 1.19. The molecule has 1 N–H and O–H groups in total. The van der Waals surface area contributed by atoms with E-state index >= 15 is 0 Å². The van der Waals surface area contributed by atoms with E-state index in [1.807, 2.05) is 23.1 Å². The number of aryl methyl sites for hydroxylation is 1. The number of methoxy groups -OCH3 is 2. The maximum atomic E-state index is 13.2. The number of amides is 2. The highest BCUT2D eigenvalue weighted by molar-refractivity contribution is 7.20. The van der Waals surface area contributed by atoms with E-state index in [-0.39, 0.29) is 23.9 Å². The molecule has 0 spiro atoms. The number of ether oxygens (including phenoxy) is 2. The normalized spacial score (nSPS) is 17.6. The molecule has 9 nitrogen and oxygen atoms in total. The van der Waals surface area contributed by atoms with Crippen LogP contribution < -0.4 is 20.3 Å². The Labute approximate surface area is 220 Å². The minimum absolute atomic E-state index is 0.0522. The van der Waals surface area contributed by atoms with E-state index in [4.69, 9.17) is 9.47 Å². The third-order valence-corrected chi connectivity index (χ3v) is 8.00. The molecule has 1 saturated heterocycles. The molecule has 0 radical (unpaired) electrons. The second-order valence-corrected chi connectivity index (χ2v) is 10.9. The van der Waals surface area contributed by atoms with Crippen molar-refractivity contribution in [1.29, 1.82) is 0 Å². The quantitative estimate of drug-likeness (QED) is 0.483. The first-order valence-corrected chi connectivity index (χ1v) is 13.3. The molecule has 198 valence electrons. The van der Waals surface area contributed by atoms with Gasteiger partial charge >= 0.3 is 0 Å². The van der Waals surface area contributed by atoms with Crippen molar-refractivity contribution >= 4 is 33.4 Å². The van der Waals surface area contributed by atoms with Crippen molar-refractivity contribution in [1.82, 2.24) is 19.8 Å². The molecule has 2 atom stereocenters. The van der Waals surface area contributed by atoms with Crippen molar-refractivity contribution in [2.75, 3.05) is 33.9 Å². The molecule has 1 aromatic carbocycles. The largest absolute Gasteiger partial charge is 0.493 e. The zero-order chi connectivity index (χ0) is 26.7. The fourth-order valence-corrected chi connectivity index (χ4v) is 6.09. The lowest BCUT2D eigenvalue weighted by molar-refractivity contribution is -0.134. The summed E-state index contributed by atoms with van der Waals surface area (Å²) in [6, 6.07) is 5.64. The van der Waals surface area contributed by atoms with Crippen LogP contribution in [0.25, 0.3) is 10.2 Å². The third-order valence-electron chi connectivity index (χ3n) is 6.80. The Hall–Kier alpha value is -3.40. The first-order chi connectivity index (χ1) is 17.7. The van der Waals surface area contributed by atoms with Gasteiger partial charge in [-0.2, -0.15) is 0 Å². The lowest BCUT2D eigenvalue weighted by atomic mass is 9.92. The molecule has 3 aromatic rings. The van der Waals surface area contributed by atoms with Crippen LogP contribution in [0.5, 0.6) is 11.5 Å². The topological polar surface area (TPSA) is 103 Å². The highest BCUT2D eigenvalue weighted by Crippen LogP contribution is 2.28. The fraction of sp³-hybridized carbons (Fsp3) is 0.481. The molecule has 2 aromatic heterocycles. The summed E-state index contributed by atoms with van der Waals surface area (Å²) in [6.07, 6.45) is 3.12. The van der Waals surface area contributed by atoms with Crippen molar-refractivity contribution in [3.8, 4) is 11.5 Å². The summed E-state index contributed by atoms with van der Waals surface area (Å²) in [4.78, 5) is 46.3. The number of hydrogen-bond donors (Lipinski definition) is 1. The third kappa shape index (κ3) is 5.79. The second kappa shape index (κ2) is 11.3. The van der Waals surface area contributed by atoms with Crippen LogP contribution in [-0.2, 0) is 17.8 Å². The number of thiophene rings is 1. The molecular formula is C27H34N4O5S. The van der Waals surface area contributed by atoms with Crippen molar-refractivity contribution in [2.45, 2.75) is 40.2 Å². The SMILES string of the molecule is COc1ccc(CCNC(=O)c2sc3ncn(CC(=O)N4C[C@H](C)C[C@@H](C)C4)c(=O)c3c2C)cc1OC. The predicted molar refractivity (Wildman–Crippen MR) is 144 cm³/mol. The van der Waals surface area contributed by atoms with E-state index in [9.17, 15) is 14.4 Å². The molecule has 1 aliphatic rings. The van der Waals surface area contributed by atoms with Crippen LogP contribution in [-0.4, -0.2) is 60.1 Å². The highest BCUT2D eigenvalue weighted by atomic mass is 32.1. The first kappa shape index (κ1) is 26.7. The van der Waals surface area contributed by atoms with Gasteiger partial charge in [-0.05, 0) is 54.9 Å². The molecule has 2 amide bonds. The molecule has 3 heterocycles. The van der Waals surface area contributed by atoms with E-state index in [0.717, 1.165) is 12.0 Å². The van der Waals surface area contributed by atoms with Gasteiger partial charge < -0.3 is 19.7 Å². The van der Waals surface area contributed by atoms with Gasteiger partial charge in [-0.25, -0.2) is 4.98 Å². The maximum Gasteiger partial charge on any atom is 0.262 e. The number of nitrogens with zero attached hydrogens (tertiary/aromatic N) is 3. The van der Waals surface area contributed by atoms with E-state index in [1.165, 1.54) is 22.2 Å². The van der Waals surface area contributed by atoms with Crippen LogP contribution >= 0.6 is 11.3 Å². The number of aromatic nitrogens is 2. The van der Waals surface area contributed by atoms with Gasteiger partial charge in [0.2, 0.25) is 5.91 Å². The number of carbonyl (C=O) groups excluding carboxylic acids is 2. The van der Waals surface area contributed by atoms with Gasteiger partial charge in [0.05, 0.1) is 30.8 Å². The Morgan fingerprint density at radius 1 is 1.14 bits per heavy atom. The van der Waals surface area contributed by atoms with Crippen molar-refractivity contribution in [2.24, 2.45) is 11.8 Å². The molecule has 1 fully saturated rings. The van der Waals surface area contributed by atoms with Gasteiger partial charge in [0.25, 0.3) is 11.5 Å². The minimum Gasteiger partial charge on any atom is -0.493 e. The summed E-state index contributed by atoms with van der Waals surface area (Å²) in [5.41, 5.74) is 1.29. The van der Waals surface area contributed by atoms with E-state index < -0.39 is 0 Å². The molecule has 0 aliphatic carbocycles. The molecule has 37 heavy (non-hydrogen) atoms. The summed E-state index contributed by atoms with van der Waals surface area (Å²) in [6.45, 7) is 7.82. The molecule has 10 heteroatoms. The summed E-state index contributed by atoms with van der Waals surface area (Å²) in [5, 5.41) is 3.33. The monoisotopic (exact) mass is 526 g/mol. The molecule has 0 bridgehead atoms. The average Bonchev–Trinajstić information content (AvgIpc) is 3.21. The number of rotatable bonds is 8. The van der Waals surface area contributed by atoms with Crippen LogP contribution in [0.3, 0.4) is 0 Å². The average molecular weight is 527 g/mol. The number of fused-ring (bicyclic) bond motifs is 1. The van der Waals surface area contributed by atoms with Gasteiger partial charge in [0.15, 0.2) is 11.5 Å². The van der Waals surface area contributed by atoms with E-state index in [1.54, 1.807) is 21.1 Å². The van der Waals surface area contributed by atoms with Crippen LogP contribution in [0.2, 0.25) is 0 Å². The van der Waals surface area contributed by atoms with E-state index in [0.29, 0.717) is 70.0 Å². The number of likely N-dealkylation sites (tertiary alicyclic amines) is 1. The molecular weight excluding hydrogens is 492 g/mol. The highest BCUT2D eigenvalue weighted by Gasteiger charge is 2.26. The van der Waals surface area contributed by atoms with E-state index in [2.05, 4.69) is 24.1 Å². The zero-order valence-corrected chi connectivity index (χ0v) is 22.8. The number of piperidine rings is 1. The summed E-state index contributed by atoms with van der Waals surface area (Å²) < 4.78 is 12.0. The lowest BCUT2D eigenvalue weighted by Crippen LogP contribution is -2.44. The predicted octanol–water partition coefficient (Wildman–Crippen LogP) is 3.26. The standard InChI is InChI=1S/C27H34N4O5S/c1-16-10-17(2)13-30(12-16)22(32)14-31-15-29-26-23(27(31)34)18(3)24(37-26)25(33)28-9-8-19-6-7-20(35-4)21(11-19)36-5/h6-7,11,15-17H,8-10,12-14H2,1-5H3,(H,28,33)/t16-,17-/m1/s1. The zero-order valence-electron chi connectivity index (χ0n) is 22.0. The molecule has 0 saturated carbocycles. The fourth-order valence-electron chi connectivity index (χ4n) is 5.04. The number of hydrogen-bond acceptors (Lipinski definition) is 7. The Bertz CT molecular complexity index is 1350. The van der Waals surface area contributed by atoms with Gasteiger partial charge in [-0.15, -0.1) is 11.3 Å². The van der Waals surface area contributed by atoms with Crippen molar-refractivity contribution in [3.63, 3.8) is 0 Å². The molecule has 4 rings (SSSR count). The van der Waals surface area contributed by atoms with Gasteiger partial charge in [0, 0.05) is 19.6 Å². The first-order valence-electron chi connectivity index (χ1n) is 12.5. The van der Waals surface area contributed by atoms with Crippen LogP contribution in [0, 0.1) is 18.8 Å². The Morgan fingerprint density at radius 3 is 2.51 bits per heavy atom. The number of carbonyl (C=O) groups is 2. The Balaban J connectivity index is 1.45. The van der Waals surface area contributed by atoms with Gasteiger partial charge in [0.1, 0.15) is 11.4 Å². The van der Waals surface area contributed by atoms with Crippen LogP contribution in [0.4, 0.5) is 0 Å². The number of benzene rings is 1. The maximum absolute atomic E-state index is 13.2. The Morgan fingerprint density at radius 2 is 1.84 bits per heavy atom. The molecule has 1 aliphatic heterocycles. The van der Waals surface area contributed by atoms with Crippen LogP contribution in [0.1, 0.15) is 41.1 Å². The van der Waals surface area contributed by atoms with Crippen LogP contribution in [0.15, 0.2) is 29.3 Å². The van der Waals surface area contributed by atoms with Crippen molar-refractivity contribution in [3.05, 3.63) is 50.9 Å². The lowest BCUT2D eigenvalue weighted by Gasteiger charge is -2.35. The Kier molecular flexibility index (Phi) is 8.16.